The van der Waals surface area contributed by atoms with Crippen molar-refractivity contribution in [3.63, 3.8) is 0 Å². The van der Waals surface area contributed by atoms with Gasteiger partial charge in [-0.25, -0.2) is 9.18 Å². The lowest BCUT2D eigenvalue weighted by atomic mass is 9.64. The van der Waals surface area contributed by atoms with Gasteiger partial charge in [0.25, 0.3) is 0 Å². The Bertz CT molecular complexity index is 808. The smallest absolute Gasteiger partial charge is 0.341 e. The fourth-order valence-electron chi connectivity index (χ4n) is 3.24. The van der Waals surface area contributed by atoms with E-state index in [0.29, 0.717) is 35.5 Å². The number of hydrogen-bond acceptors (Lipinski definition) is 4. The van der Waals surface area contributed by atoms with E-state index in [2.05, 4.69) is 10.1 Å². The molecule has 0 bridgehead atoms. The van der Waals surface area contributed by atoms with Crippen LogP contribution in [0.3, 0.4) is 0 Å². The van der Waals surface area contributed by atoms with Gasteiger partial charge in [-0.3, -0.25) is 4.79 Å². The van der Waals surface area contributed by atoms with Gasteiger partial charge in [-0.05, 0) is 43.5 Å². The maximum atomic E-state index is 13.5. The van der Waals surface area contributed by atoms with Crippen LogP contribution in [0.1, 0.15) is 46.7 Å². The standard InChI is InChI=1S/C19H20FNO4/c1-12-16(17(22)24-2)10-15(25-12)11-21-18(23)19(7-4-8-19)13-5-3-6-14(20)9-13/h3,5-6,9-10H,4,7-8,11H2,1-2H3,(H,21,23). The maximum absolute atomic E-state index is 13.5. The minimum absolute atomic E-state index is 0.155. The number of carbonyl (C=O) groups is 2. The molecule has 1 N–H and O–H groups in total. The summed E-state index contributed by atoms with van der Waals surface area (Å²) in [5.74, 6) is -0.0624. The number of esters is 1. The van der Waals surface area contributed by atoms with Crippen molar-refractivity contribution in [2.45, 2.75) is 38.1 Å². The highest BCUT2D eigenvalue weighted by molar-refractivity contribution is 5.91. The molecule has 0 unspecified atom stereocenters. The summed E-state index contributed by atoms with van der Waals surface area (Å²) < 4.78 is 23.7. The predicted molar refractivity (Wildman–Crippen MR) is 88.6 cm³/mol. The van der Waals surface area contributed by atoms with Crippen LogP contribution in [0.15, 0.2) is 34.7 Å². The molecule has 132 valence electrons. The quantitative estimate of drug-likeness (QED) is 0.845. The van der Waals surface area contributed by atoms with Crippen LogP contribution in [0.2, 0.25) is 0 Å². The molecule has 0 spiro atoms. The van der Waals surface area contributed by atoms with Crippen molar-refractivity contribution >= 4 is 11.9 Å². The van der Waals surface area contributed by atoms with Crippen molar-refractivity contribution in [3.8, 4) is 0 Å². The topological polar surface area (TPSA) is 68.5 Å². The van der Waals surface area contributed by atoms with Gasteiger partial charge in [-0.2, -0.15) is 0 Å². The third kappa shape index (κ3) is 3.16. The van der Waals surface area contributed by atoms with E-state index in [9.17, 15) is 14.0 Å². The Labute approximate surface area is 145 Å². The molecule has 3 rings (SSSR count). The van der Waals surface area contributed by atoms with E-state index in [1.807, 2.05) is 0 Å². The molecule has 2 aromatic rings. The van der Waals surface area contributed by atoms with Crippen LogP contribution in [0.5, 0.6) is 0 Å². The largest absolute Gasteiger partial charge is 0.465 e. The fraction of sp³-hybridized carbons (Fsp3) is 0.368. The second-order valence-electron chi connectivity index (χ2n) is 6.30. The molecule has 1 aromatic carbocycles. The molecule has 1 aliphatic carbocycles. The molecule has 25 heavy (non-hydrogen) atoms. The highest BCUT2D eigenvalue weighted by Gasteiger charge is 2.45. The van der Waals surface area contributed by atoms with E-state index in [-0.39, 0.29) is 18.3 Å². The number of benzene rings is 1. The van der Waals surface area contributed by atoms with Gasteiger partial charge in [0.2, 0.25) is 5.91 Å². The summed E-state index contributed by atoms with van der Waals surface area (Å²) in [7, 11) is 1.30. The Morgan fingerprint density at radius 1 is 1.32 bits per heavy atom. The lowest BCUT2D eigenvalue weighted by molar-refractivity contribution is -0.130. The minimum atomic E-state index is -0.686. The number of ether oxygens (including phenoxy) is 1. The van der Waals surface area contributed by atoms with Crippen LogP contribution < -0.4 is 5.32 Å². The Morgan fingerprint density at radius 2 is 2.08 bits per heavy atom. The highest BCUT2D eigenvalue weighted by atomic mass is 19.1. The Morgan fingerprint density at radius 3 is 2.68 bits per heavy atom. The van der Waals surface area contributed by atoms with Crippen molar-refractivity contribution in [2.75, 3.05) is 7.11 Å². The monoisotopic (exact) mass is 345 g/mol. The lowest BCUT2D eigenvalue weighted by Gasteiger charge is -2.40. The number of rotatable bonds is 5. The first-order valence-electron chi connectivity index (χ1n) is 8.18. The molecule has 0 radical (unpaired) electrons. The molecule has 1 fully saturated rings. The molecule has 0 saturated heterocycles. The van der Waals surface area contributed by atoms with Crippen molar-refractivity contribution in [1.29, 1.82) is 0 Å². The third-order valence-electron chi connectivity index (χ3n) is 4.82. The summed E-state index contributed by atoms with van der Waals surface area (Å²) in [4.78, 5) is 24.4. The molecule has 1 aromatic heterocycles. The first kappa shape index (κ1) is 17.2. The average molecular weight is 345 g/mol. The van der Waals surface area contributed by atoms with Gasteiger partial charge in [0.15, 0.2) is 0 Å². The molecule has 0 atom stereocenters. The first-order chi connectivity index (χ1) is 12.0. The normalized spacial score (nSPS) is 15.3. The number of aryl methyl sites for hydroxylation is 1. The van der Waals surface area contributed by atoms with Crippen LogP contribution in [-0.4, -0.2) is 19.0 Å². The summed E-state index contributed by atoms with van der Waals surface area (Å²) >= 11 is 0. The van der Waals surface area contributed by atoms with E-state index >= 15 is 0 Å². The van der Waals surface area contributed by atoms with Crippen molar-refractivity contribution < 1.29 is 23.1 Å². The zero-order chi connectivity index (χ0) is 18.0. The van der Waals surface area contributed by atoms with Crippen LogP contribution in [0, 0.1) is 12.7 Å². The molecular formula is C19H20FNO4. The van der Waals surface area contributed by atoms with Crippen molar-refractivity contribution in [3.05, 3.63) is 58.8 Å². The van der Waals surface area contributed by atoms with Crippen LogP contribution >= 0.6 is 0 Å². The minimum Gasteiger partial charge on any atom is -0.465 e. The van der Waals surface area contributed by atoms with Crippen molar-refractivity contribution in [1.82, 2.24) is 5.32 Å². The molecule has 1 heterocycles. The molecule has 5 nitrogen and oxygen atoms in total. The van der Waals surface area contributed by atoms with E-state index < -0.39 is 11.4 Å². The van der Waals surface area contributed by atoms with Crippen LogP contribution in [0.4, 0.5) is 4.39 Å². The second kappa shape index (κ2) is 6.70. The third-order valence-corrected chi connectivity index (χ3v) is 4.82. The van der Waals surface area contributed by atoms with Crippen LogP contribution in [0.25, 0.3) is 0 Å². The molecule has 1 amide bonds. The Balaban J connectivity index is 1.73. The molecule has 0 aliphatic heterocycles. The first-order valence-corrected chi connectivity index (χ1v) is 8.18. The van der Waals surface area contributed by atoms with Gasteiger partial charge in [0.1, 0.15) is 22.9 Å². The van der Waals surface area contributed by atoms with Gasteiger partial charge in [0.05, 0.1) is 19.1 Å². The Kier molecular flexibility index (Phi) is 4.61. The number of nitrogens with one attached hydrogen (secondary N) is 1. The maximum Gasteiger partial charge on any atom is 0.341 e. The zero-order valence-corrected chi connectivity index (χ0v) is 14.2. The van der Waals surface area contributed by atoms with E-state index in [0.717, 1.165) is 6.42 Å². The fourth-order valence-corrected chi connectivity index (χ4v) is 3.24. The lowest BCUT2D eigenvalue weighted by Crippen LogP contribution is -2.49. The summed E-state index contributed by atoms with van der Waals surface area (Å²) in [5.41, 5.74) is 0.354. The van der Waals surface area contributed by atoms with Gasteiger partial charge in [-0.15, -0.1) is 0 Å². The summed E-state index contributed by atoms with van der Waals surface area (Å²) in [6, 6.07) is 7.76. The van der Waals surface area contributed by atoms with Gasteiger partial charge in [0, 0.05) is 0 Å². The number of amides is 1. The van der Waals surface area contributed by atoms with Crippen LogP contribution in [-0.2, 0) is 21.5 Å². The number of carbonyl (C=O) groups excluding carboxylic acids is 2. The SMILES string of the molecule is COC(=O)c1cc(CNC(=O)C2(c3cccc(F)c3)CCC2)oc1C. The highest BCUT2D eigenvalue weighted by Crippen LogP contribution is 2.44. The average Bonchev–Trinajstić information content (AvgIpc) is 2.92. The molecule has 6 heteroatoms. The van der Waals surface area contributed by atoms with Gasteiger partial charge >= 0.3 is 5.97 Å². The number of halogens is 1. The Hall–Kier alpha value is -2.63. The number of furan rings is 1. The van der Waals surface area contributed by atoms with E-state index in [1.165, 1.54) is 19.2 Å². The summed E-state index contributed by atoms with van der Waals surface area (Å²) in [5, 5.41) is 2.85. The molecule has 1 aliphatic rings. The van der Waals surface area contributed by atoms with Crippen molar-refractivity contribution in [2.24, 2.45) is 0 Å². The predicted octanol–water partition coefficient (Wildman–Crippen LogP) is 3.25. The second-order valence-corrected chi connectivity index (χ2v) is 6.30. The van der Waals surface area contributed by atoms with Gasteiger partial charge < -0.3 is 14.5 Å². The molecular weight excluding hydrogens is 325 g/mol. The molecule has 1 saturated carbocycles. The summed E-state index contributed by atoms with van der Waals surface area (Å²) in [6.07, 6.45) is 2.30. The number of hydrogen-bond donors (Lipinski definition) is 1. The van der Waals surface area contributed by atoms with E-state index in [1.54, 1.807) is 25.1 Å². The van der Waals surface area contributed by atoms with Gasteiger partial charge in [-0.1, -0.05) is 18.6 Å². The number of methoxy groups -OCH3 is 1. The van der Waals surface area contributed by atoms with E-state index in [4.69, 9.17) is 4.42 Å². The summed E-state index contributed by atoms with van der Waals surface area (Å²) in [6.45, 7) is 1.82. The zero-order valence-electron chi connectivity index (χ0n) is 14.2.